The normalized spacial score (nSPS) is 15.1. The van der Waals surface area contributed by atoms with Crippen LogP contribution in [0.1, 0.15) is 49.9 Å². The Kier molecular flexibility index (Phi) is 9.14. The molecular formula is C19H27BO7. The molecule has 0 aliphatic carbocycles. The van der Waals surface area contributed by atoms with E-state index in [4.69, 9.17) is 23.4 Å². The molecule has 1 aromatic carbocycles. The van der Waals surface area contributed by atoms with Gasteiger partial charge in [-0.3, -0.25) is 4.79 Å². The van der Waals surface area contributed by atoms with Crippen LogP contribution in [0.5, 0.6) is 5.75 Å². The topological polar surface area (TPSA) is 80.3 Å². The van der Waals surface area contributed by atoms with Gasteiger partial charge in [-0.2, -0.15) is 0 Å². The molecule has 0 aromatic heterocycles. The van der Waals surface area contributed by atoms with E-state index in [2.05, 4.69) is 0 Å². The van der Waals surface area contributed by atoms with Crippen LogP contribution in [0.4, 0.5) is 0 Å². The summed E-state index contributed by atoms with van der Waals surface area (Å²) in [5, 5.41) is 0. The van der Waals surface area contributed by atoms with Crippen molar-refractivity contribution in [1.82, 2.24) is 0 Å². The minimum absolute atomic E-state index is 0.0531. The molecule has 0 N–H and O–H groups in total. The quantitative estimate of drug-likeness (QED) is 0.352. The van der Waals surface area contributed by atoms with E-state index in [1.165, 1.54) is 0 Å². The molecule has 7 nitrogen and oxygen atoms in total. The van der Waals surface area contributed by atoms with E-state index in [1.54, 1.807) is 24.3 Å². The van der Waals surface area contributed by atoms with Crippen molar-refractivity contribution in [2.45, 2.75) is 39.5 Å². The average molecular weight is 378 g/mol. The Hall–Kier alpha value is -2.06. The van der Waals surface area contributed by atoms with Crippen LogP contribution in [-0.2, 0) is 23.5 Å². The fraction of sp³-hybridized carbons (Fsp3) is 0.579. The smallest absolute Gasteiger partial charge is 0.494 e. The predicted octanol–water partition coefficient (Wildman–Crippen LogP) is 3.01. The van der Waals surface area contributed by atoms with E-state index in [0.29, 0.717) is 37.7 Å². The number of ether oxygens (including phenoxy) is 2. The number of carbonyl (C=O) groups excluding carboxylic acids is 2. The van der Waals surface area contributed by atoms with Crippen LogP contribution >= 0.6 is 0 Å². The molecule has 1 unspecified atom stereocenters. The average Bonchev–Trinajstić information content (AvgIpc) is 2.70. The number of carbonyl (C=O) groups is 2. The SMILES string of the molecule is CCC(C)C(=O)OCCCCOc1ccc(C(=O)OB2OCCCO2)cc1. The van der Waals surface area contributed by atoms with E-state index in [9.17, 15) is 9.59 Å². The summed E-state index contributed by atoms with van der Waals surface area (Å²) in [5.41, 5.74) is 0.400. The fourth-order valence-electron chi connectivity index (χ4n) is 2.25. The largest absolute Gasteiger partial charge is 0.715 e. The number of esters is 1. The third kappa shape index (κ3) is 7.60. The van der Waals surface area contributed by atoms with Gasteiger partial charge in [-0.05, 0) is 49.9 Å². The maximum absolute atomic E-state index is 12.0. The van der Waals surface area contributed by atoms with Crippen molar-refractivity contribution in [3.8, 4) is 5.75 Å². The molecule has 0 bridgehead atoms. The van der Waals surface area contributed by atoms with Gasteiger partial charge in [-0.1, -0.05) is 13.8 Å². The molecule has 1 aliphatic rings. The first-order chi connectivity index (χ1) is 13.1. The van der Waals surface area contributed by atoms with E-state index in [0.717, 1.165) is 25.7 Å². The van der Waals surface area contributed by atoms with Crippen molar-refractivity contribution in [2.24, 2.45) is 5.92 Å². The number of hydrogen-bond acceptors (Lipinski definition) is 7. The molecule has 0 saturated carbocycles. The minimum atomic E-state index is -0.934. The van der Waals surface area contributed by atoms with Crippen molar-refractivity contribution in [3.63, 3.8) is 0 Å². The van der Waals surface area contributed by atoms with Gasteiger partial charge >= 0.3 is 19.3 Å². The summed E-state index contributed by atoms with van der Waals surface area (Å²) < 4.78 is 26.3. The molecular weight excluding hydrogens is 351 g/mol. The van der Waals surface area contributed by atoms with Gasteiger partial charge in [-0.15, -0.1) is 0 Å². The Morgan fingerprint density at radius 3 is 2.44 bits per heavy atom. The molecule has 1 saturated heterocycles. The molecule has 1 atom stereocenters. The first-order valence-electron chi connectivity index (χ1n) is 9.44. The standard InChI is InChI=1S/C19H27BO7/c1-3-15(2)18(21)24-12-5-4-11-23-17-9-7-16(8-10-17)19(22)27-20-25-13-6-14-26-20/h7-10,15H,3-6,11-14H2,1-2H3. The minimum Gasteiger partial charge on any atom is -0.494 e. The van der Waals surface area contributed by atoms with Crippen molar-refractivity contribution >= 4 is 19.3 Å². The van der Waals surface area contributed by atoms with Crippen LogP contribution in [0, 0.1) is 5.92 Å². The number of unbranched alkanes of at least 4 members (excludes halogenated alkanes) is 1. The van der Waals surface area contributed by atoms with Crippen molar-refractivity contribution in [1.29, 1.82) is 0 Å². The molecule has 2 rings (SSSR count). The first-order valence-corrected chi connectivity index (χ1v) is 9.44. The maximum Gasteiger partial charge on any atom is 0.715 e. The Labute approximate surface area is 160 Å². The molecule has 148 valence electrons. The van der Waals surface area contributed by atoms with Gasteiger partial charge in [0.05, 0.1) is 24.7 Å². The second-order valence-electron chi connectivity index (χ2n) is 6.35. The van der Waals surface area contributed by atoms with E-state index in [-0.39, 0.29) is 11.9 Å². The number of rotatable bonds is 10. The lowest BCUT2D eigenvalue weighted by Gasteiger charge is -2.18. The van der Waals surface area contributed by atoms with Crippen LogP contribution in [-0.4, -0.2) is 45.7 Å². The highest BCUT2D eigenvalue weighted by atomic mass is 16.8. The molecule has 1 heterocycles. The van der Waals surface area contributed by atoms with Gasteiger partial charge in [0, 0.05) is 13.2 Å². The highest BCUT2D eigenvalue weighted by Gasteiger charge is 2.29. The highest BCUT2D eigenvalue weighted by Crippen LogP contribution is 2.15. The summed E-state index contributed by atoms with van der Waals surface area (Å²) in [7, 11) is -0.934. The van der Waals surface area contributed by atoms with Crippen LogP contribution in [0.2, 0.25) is 0 Å². The van der Waals surface area contributed by atoms with Crippen LogP contribution < -0.4 is 4.74 Å². The van der Waals surface area contributed by atoms with Crippen LogP contribution in [0.25, 0.3) is 0 Å². The second-order valence-corrected chi connectivity index (χ2v) is 6.35. The van der Waals surface area contributed by atoms with E-state index < -0.39 is 13.3 Å². The highest BCUT2D eigenvalue weighted by molar-refractivity contribution is 6.40. The van der Waals surface area contributed by atoms with Crippen molar-refractivity contribution in [3.05, 3.63) is 29.8 Å². The lowest BCUT2D eigenvalue weighted by Crippen LogP contribution is -2.34. The Morgan fingerprint density at radius 2 is 1.78 bits per heavy atom. The van der Waals surface area contributed by atoms with Gasteiger partial charge in [0.25, 0.3) is 0 Å². The molecule has 0 amide bonds. The zero-order chi connectivity index (χ0) is 19.5. The van der Waals surface area contributed by atoms with Crippen molar-refractivity contribution < 1.29 is 33.0 Å². The summed E-state index contributed by atoms with van der Waals surface area (Å²) in [5.74, 6) is -0.0440. The van der Waals surface area contributed by atoms with Crippen LogP contribution in [0.15, 0.2) is 24.3 Å². The van der Waals surface area contributed by atoms with Gasteiger partial charge in [0.15, 0.2) is 0 Å². The zero-order valence-electron chi connectivity index (χ0n) is 16.0. The summed E-state index contributed by atoms with van der Waals surface area (Å²) in [6, 6.07) is 6.69. The first kappa shape index (κ1) is 21.2. The van der Waals surface area contributed by atoms with E-state index >= 15 is 0 Å². The molecule has 0 radical (unpaired) electrons. The molecule has 0 spiro atoms. The third-order valence-electron chi connectivity index (χ3n) is 4.16. The summed E-state index contributed by atoms with van der Waals surface area (Å²) >= 11 is 0. The van der Waals surface area contributed by atoms with Gasteiger partial charge < -0.3 is 23.4 Å². The lowest BCUT2D eigenvalue weighted by atomic mass is 10.1. The third-order valence-corrected chi connectivity index (χ3v) is 4.16. The van der Waals surface area contributed by atoms with E-state index in [1.807, 2.05) is 13.8 Å². The lowest BCUT2D eigenvalue weighted by molar-refractivity contribution is -0.148. The zero-order valence-corrected chi connectivity index (χ0v) is 16.0. The summed E-state index contributed by atoms with van der Waals surface area (Å²) in [4.78, 5) is 23.6. The Morgan fingerprint density at radius 1 is 1.11 bits per heavy atom. The van der Waals surface area contributed by atoms with Crippen LogP contribution in [0.3, 0.4) is 0 Å². The predicted molar refractivity (Wildman–Crippen MR) is 99.3 cm³/mol. The van der Waals surface area contributed by atoms with Gasteiger partial charge in [0.1, 0.15) is 5.75 Å². The van der Waals surface area contributed by atoms with Gasteiger partial charge in [0.2, 0.25) is 0 Å². The number of hydrogen-bond donors (Lipinski definition) is 0. The monoisotopic (exact) mass is 378 g/mol. The molecule has 1 aliphatic heterocycles. The van der Waals surface area contributed by atoms with Gasteiger partial charge in [-0.25, -0.2) is 4.79 Å². The fourth-order valence-corrected chi connectivity index (χ4v) is 2.25. The maximum atomic E-state index is 12.0. The Balaban J connectivity index is 1.62. The molecule has 27 heavy (non-hydrogen) atoms. The second kappa shape index (κ2) is 11.6. The molecule has 1 aromatic rings. The van der Waals surface area contributed by atoms with Crippen molar-refractivity contribution in [2.75, 3.05) is 26.4 Å². The molecule has 1 fully saturated rings. The summed E-state index contributed by atoms with van der Waals surface area (Å²) in [6.07, 6.45) is 3.09. The Bertz CT molecular complexity index is 584. The molecule has 8 heteroatoms. The number of benzene rings is 1. The summed E-state index contributed by atoms with van der Waals surface area (Å²) in [6.45, 7) is 5.77.